The molecule has 0 aliphatic carbocycles. The fourth-order valence-corrected chi connectivity index (χ4v) is 4.88. The molecule has 4 heteroatoms. The van der Waals surface area contributed by atoms with Crippen LogP contribution in [0.3, 0.4) is 0 Å². The van der Waals surface area contributed by atoms with Gasteiger partial charge in [-0.3, -0.25) is 0 Å². The first kappa shape index (κ1) is 16.5. The van der Waals surface area contributed by atoms with E-state index in [1.807, 2.05) is 19.1 Å². The summed E-state index contributed by atoms with van der Waals surface area (Å²) in [5, 5.41) is 0. The van der Waals surface area contributed by atoms with E-state index in [1.165, 1.54) is 0 Å². The summed E-state index contributed by atoms with van der Waals surface area (Å²) in [7, 11) is -3.35. The Morgan fingerprint density at radius 1 is 1.10 bits per heavy atom. The zero-order valence-corrected chi connectivity index (χ0v) is 14.4. The Morgan fingerprint density at radius 3 is 2.38 bits per heavy atom. The van der Waals surface area contributed by atoms with Crippen molar-refractivity contribution in [3.8, 4) is 0 Å². The molecule has 1 aliphatic heterocycles. The molecule has 0 aromatic heterocycles. The van der Waals surface area contributed by atoms with Gasteiger partial charge in [0, 0.05) is 13.1 Å². The van der Waals surface area contributed by atoms with Crippen LogP contribution in [0.2, 0.25) is 0 Å². The van der Waals surface area contributed by atoms with Gasteiger partial charge in [-0.15, -0.1) is 0 Å². The van der Waals surface area contributed by atoms with Gasteiger partial charge in [0.05, 0.1) is 4.90 Å². The molecule has 0 spiro atoms. The van der Waals surface area contributed by atoms with Crippen molar-refractivity contribution in [1.82, 2.24) is 4.31 Å². The maximum absolute atomic E-state index is 12.8. The molecule has 1 unspecified atom stereocenters. The van der Waals surface area contributed by atoms with Crippen molar-refractivity contribution >= 4 is 10.0 Å². The second-order valence-electron chi connectivity index (χ2n) is 7.16. The summed E-state index contributed by atoms with van der Waals surface area (Å²) in [5.41, 5.74) is 1.08. The summed E-state index contributed by atoms with van der Waals surface area (Å²) >= 11 is 0. The molecule has 118 valence electrons. The maximum atomic E-state index is 12.8. The summed E-state index contributed by atoms with van der Waals surface area (Å²) in [5.74, 6) is 0.592. The third-order valence-corrected chi connectivity index (χ3v) is 6.68. The van der Waals surface area contributed by atoms with Crippen molar-refractivity contribution in [2.24, 2.45) is 11.3 Å². The number of sulfonamides is 1. The van der Waals surface area contributed by atoms with Crippen LogP contribution in [0.25, 0.3) is 0 Å². The Balaban J connectivity index is 2.21. The third-order valence-electron chi connectivity index (χ3n) is 4.62. The van der Waals surface area contributed by atoms with Gasteiger partial charge in [0.25, 0.3) is 0 Å². The van der Waals surface area contributed by atoms with E-state index in [1.54, 1.807) is 16.4 Å². The molecule has 0 amide bonds. The molecular weight excluding hydrogens is 282 g/mol. The van der Waals surface area contributed by atoms with Crippen molar-refractivity contribution in [3.05, 3.63) is 29.8 Å². The minimum Gasteiger partial charge on any atom is -0.207 e. The Hall–Kier alpha value is -0.870. The van der Waals surface area contributed by atoms with Crippen LogP contribution >= 0.6 is 0 Å². The average molecular weight is 309 g/mol. The predicted octanol–water partition coefficient (Wildman–Crippen LogP) is 3.83. The lowest BCUT2D eigenvalue weighted by Gasteiger charge is -2.29. The third kappa shape index (κ3) is 3.67. The molecule has 0 N–H and O–H groups in total. The lowest BCUT2D eigenvalue weighted by Crippen LogP contribution is -2.33. The molecule has 1 fully saturated rings. The van der Waals surface area contributed by atoms with Crippen LogP contribution in [-0.4, -0.2) is 25.8 Å². The van der Waals surface area contributed by atoms with Crippen LogP contribution in [0.4, 0.5) is 0 Å². The van der Waals surface area contributed by atoms with Crippen LogP contribution in [-0.2, 0) is 10.0 Å². The lowest BCUT2D eigenvalue weighted by molar-refractivity contribution is 0.217. The van der Waals surface area contributed by atoms with E-state index < -0.39 is 10.0 Å². The van der Waals surface area contributed by atoms with Gasteiger partial charge in [-0.05, 0) is 49.1 Å². The van der Waals surface area contributed by atoms with E-state index in [0.717, 1.165) is 24.8 Å². The molecule has 21 heavy (non-hydrogen) atoms. The molecule has 0 bridgehead atoms. The van der Waals surface area contributed by atoms with Crippen molar-refractivity contribution in [1.29, 1.82) is 0 Å². The monoisotopic (exact) mass is 309 g/mol. The first-order valence-corrected chi connectivity index (χ1v) is 9.23. The van der Waals surface area contributed by atoms with E-state index in [-0.39, 0.29) is 5.41 Å². The Kier molecular flexibility index (Phi) is 4.79. The molecule has 1 aromatic rings. The molecule has 2 rings (SSSR count). The fourth-order valence-electron chi connectivity index (χ4n) is 3.16. The Labute approximate surface area is 129 Å². The van der Waals surface area contributed by atoms with Crippen LogP contribution in [0.5, 0.6) is 0 Å². The number of hydrogen-bond acceptors (Lipinski definition) is 2. The molecule has 1 aliphatic rings. The van der Waals surface area contributed by atoms with Gasteiger partial charge >= 0.3 is 0 Å². The standard InChI is InChI=1S/C17H27NO2S/c1-14-8-5-6-10-16(14)21(19,20)18-12-7-9-15(11-13-18)17(2,3)4/h5-6,8,10,15H,7,9,11-13H2,1-4H3. The fraction of sp³-hybridized carbons (Fsp3) is 0.647. The van der Waals surface area contributed by atoms with E-state index in [0.29, 0.717) is 23.9 Å². The van der Waals surface area contributed by atoms with Crippen molar-refractivity contribution < 1.29 is 8.42 Å². The molecule has 1 heterocycles. The molecule has 1 atom stereocenters. The van der Waals surface area contributed by atoms with Gasteiger partial charge in [-0.2, -0.15) is 4.31 Å². The van der Waals surface area contributed by atoms with Crippen LogP contribution < -0.4 is 0 Å². The lowest BCUT2D eigenvalue weighted by atomic mass is 9.77. The highest BCUT2D eigenvalue weighted by Crippen LogP contribution is 2.35. The SMILES string of the molecule is Cc1ccccc1S(=O)(=O)N1CCCC(C(C)(C)C)CC1. The first-order valence-electron chi connectivity index (χ1n) is 7.79. The number of benzene rings is 1. The Morgan fingerprint density at radius 2 is 1.76 bits per heavy atom. The smallest absolute Gasteiger partial charge is 0.207 e. The minimum atomic E-state index is -3.35. The second-order valence-corrected chi connectivity index (χ2v) is 9.07. The molecule has 1 saturated heterocycles. The maximum Gasteiger partial charge on any atom is 0.243 e. The summed E-state index contributed by atoms with van der Waals surface area (Å²) in [6.07, 6.45) is 3.02. The number of nitrogens with zero attached hydrogens (tertiary/aromatic N) is 1. The summed E-state index contributed by atoms with van der Waals surface area (Å²) in [6, 6.07) is 7.27. The molecule has 3 nitrogen and oxygen atoms in total. The van der Waals surface area contributed by atoms with E-state index >= 15 is 0 Å². The highest BCUT2D eigenvalue weighted by atomic mass is 32.2. The highest BCUT2D eigenvalue weighted by Gasteiger charge is 2.32. The number of hydrogen-bond donors (Lipinski definition) is 0. The van der Waals surface area contributed by atoms with Gasteiger partial charge in [-0.1, -0.05) is 39.0 Å². The van der Waals surface area contributed by atoms with E-state index in [2.05, 4.69) is 20.8 Å². The van der Waals surface area contributed by atoms with Gasteiger partial charge in [0.1, 0.15) is 0 Å². The van der Waals surface area contributed by atoms with Crippen molar-refractivity contribution in [2.45, 2.75) is 51.9 Å². The van der Waals surface area contributed by atoms with Crippen LogP contribution in [0.15, 0.2) is 29.2 Å². The van der Waals surface area contributed by atoms with Crippen molar-refractivity contribution in [3.63, 3.8) is 0 Å². The first-order chi connectivity index (χ1) is 9.73. The predicted molar refractivity (Wildman–Crippen MR) is 86.7 cm³/mol. The quantitative estimate of drug-likeness (QED) is 0.832. The van der Waals surface area contributed by atoms with Gasteiger partial charge in [-0.25, -0.2) is 8.42 Å². The highest BCUT2D eigenvalue weighted by molar-refractivity contribution is 7.89. The molecule has 0 saturated carbocycles. The Bertz CT molecular complexity index is 587. The normalized spacial score (nSPS) is 22.0. The molecule has 0 radical (unpaired) electrons. The van der Waals surface area contributed by atoms with E-state index in [4.69, 9.17) is 0 Å². The van der Waals surface area contributed by atoms with Gasteiger partial charge in [0.15, 0.2) is 0 Å². The number of aryl methyl sites for hydroxylation is 1. The van der Waals surface area contributed by atoms with Crippen LogP contribution in [0.1, 0.15) is 45.6 Å². The van der Waals surface area contributed by atoms with E-state index in [9.17, 15) is 8.42 Å². The molecular formula is C17H27NO2S. The van der Waals surface area contributed by atoms with Crippen molar-refractivity contribution in [2.75, 3.05) is 13.1 Å². The summed E-state index contributed by atoms with van der Waals surface area (Å²) in [6.45, 7) is 9.90. The molecule has 1 aromatic carbocycles. The van der Waals surface area contributed by atoms with Crippen LogP contribution in [0, 0.1) is 18.3 Å². The van der Waals surface area contributed by atoms with Gasteiger partial charge in [0.2, 0.25) is 10.0 Å². The number of rotatable bonds is 2. The zero-order chi connectivity index (χ0) is 15.7. The summed E-state index contributed by atoms with van der Waals surface area (Å²) < 4.78 is 27.4. The largest absolute Gasteiger partial charge is 0.243 e. The summed E-state index contributed by atoms with van der Waals surface area (Å²) in [4.78, 5) is 0.458. The minimum absolute atomic E-state index is 0.252. The van der Waals surface area contributed by atoms with Gasteiger partial charge < -0.3 is 0 Å². The second kappa shape index (κ2) is 6.09. The average Bonchev–Trinajstić information content (AvgIpc) is 2.64. The topological polar surface area (TPSA) is 37.4 Å². The zero-order valence-electron chi connectivity index (χ0n) is 13.6.